The molecule has 0 saturated carbocycles. The van der Waals surface area contributed by atoms with Crippen molar-refractivity contribution in [3.63, 3.8) is 0 Å². The highest BCUT2D eigenvalue weighted by Crippen LogP contribution is 2.29. The lowest BCUT2D eigenvalue weighted by Crippen LogP contribution is -1.92. The van der Waals surface area contributed by atoms with Gasteiger partial charge in [-0.2, -0.15) is 0 Å². The van der Waals surface area contributed by atoms with Crippen molar-refractivity contribution in [2.75, 3.05) is 20.1 Å². The summed E-state index contributed by atoms with van der Waals surface area (Å²) in [6.45, 7) is 2.05. The molecule has 0 N–H and O–H groups in total. The van der Waals surface area contributed by atoms with E-state index in [-0.39, 0.29) is 0 Å². The fraction of sp³-hybridized carbons (Fsp3) is 0.385. The van der Waals surface area contributed by atoms with Gasteiger partial charge in [0, 0.05) is 11.4 Å². The van der Waals surface area contributed by atoms with Crippen LogP contribution in [0.25, 0.3) is 5.57 Å². The van der Waals surface area contributed by atoms with E-state index < -0.39 is 0 Å². The quantitative estimate of drug-likeness (QED) is 0.730. The van der Waals surface area contributed by atoms with Gasteiger partial charge in [-0.05, 0) is 37.1 Å². The molecule has 1 aromatic carbocycles. The molecule has 1 rings (SSSR count). The Morgan fingerprint density at radius 2 is 2.06 bits per heavy atom. The minimum Gasteiger partial charge on any atom is -0.497 e. The van der Waals surface area contributed by atoms with E-state index in [1.54, 1.807) is 14.2 Å². The van der Waals surface area contributed by atoms with Gasteiger partial charge in [0.05, 0.1) is 14.2 Å². The van der Waals surface area contributed by atoms with Crippen molar-refractivity contribution in [3.8, 4) is 11.5 Å². The van der Waals surface area contributed by atoms with Crippen molar-refractivity contribution in [1.29, 1.82) is 0 Å². The summed E-state index contributed by atoms with van der Waals surface area (Å²) in [5, 5.41) is 0. The SMILES string of the molecule is COc1ccc(OC)c(C(C)=CCCCl)c1. The molecule has 0 amide bonds. The molecule has 0 radical (unpaired) electrons. The Hall–Kier alpha value is -1.15. The van der Waals surface area contributed by atoms with Crippen LogP contribution >= 0.6 is 11.6 Å². The number of methoxy groups -OCH3 is 2. The Labute approximate surface area is 102 Å². The fourth-order valence-corrected chi connectivity index (χ4v) is 1.61. The second-order valence-corrected chi connectivity index (χ2v) is 3.81. The Kier molecular flexibility index (Phi) is 5.20. The summed E-state index contributed by atoms with van der Waals surface area (Å²) in [6, 6.07) is 5.77. The van der Waals surface area contributed by atoms with Gasteiger partial charge < -0.3 is 9.47 Å². The van der Waals surface area contributed by atoms with Gasteiger partial charge in [-0.25, -0.2) is 0 Å². The zero-order chi connectivity index (χ0) is 12.0. The number of ether oxygens (including phenoxy) is 2. The number of rotatable bonds is 5. The first-order chi connectivity index (χ1) is 7.72. The lowest BCUT2D eigenvalue weighted by Gasteiger charge is -2.10. The summed E-state index contributed by atoms with van der Waals surface area (Å²) in [6.07, 6.45) is 2.96. The van der Waals surface area contributed by atoms with Gasteiger partial charge in [0.2, 0.25) is 0 Å². The Morgan fingerprint density at radius 3 is 2.62 bits per heavy atom. The van der Waals surface area contributed by atoms with Crippen LogP contribution < -0.4 is 9.47 Å². The second-order valence-electron chi connectivity index (χ2n) is 3.43. The standard InChI is InChI=1S/C13H17ClO2/c1-10(5-4-8-14)12-9-11(15-2)6-7-13(12)16-3/h5-7,9H,4,8H2,1-3H3. The predicted molar refractivity (Wildman–Crippen MR) is 68.5 cm³/mol. The van der Waals surface area contributed by atoms with Crippen molar-refractivity contribution in [1.82, 2.24) is 0 Å². The third-order valence-electron chi connectivity index (χ3n) is 2.39. The molecule has 2 nitrogen and oxygen atoms in total. The van der Waals surface area contributed by atoms with Crippen molar-refractivity contribution in [3.05, 3.63) is 29.8 Å². The van der Waals surface area contributed by atoms with Gasteiger partial charge in [0.15, 0.2) is 0 Å². The van der Waals surface area contributed by atoms with Gasteiger partial charge in [0.1, 0.15) is 11.5 Å². The van der Waals surface area contributed by atoms with Gasteiger partial charge in [-0.3, -0.25) is 0 Å². The van der Waals surface area contributed by atoms with Crippen LogP contribution in [0.1, 0.15) is 18.9 Å². The number of allylic oxidation sites excluding steroid dienone is 2. The molecule has 0 bridgehead atoms. The molecule has 0 fully saturated rings. The van der Waals surface area contributed by atoms with Crippen molar-refractivity contribution in [2.45, 2.75) is 13.3 Å². The summed E-state index contributed by atoms with van der Waals surface area (Å²) < 4.78 is 10.5. The topological polar surface area (TPSA) is 18.5 Å². The van der Waals surface area contributed by atoms with E-state index in [0.29, 0.717) is 5.88 Å². The van der Waals surface area contributed by atoms with Gasteiger partial charge in [-0.15, -0.1) is 11.6 Å². The van der Waals surface area contributed by atoms with Crippen molar-refractivity contribution in [2.24, 2.45) is 0 Å². The minimum atomic E-state index is 0.629. The normalized spacial score (nSPS) is 11.4. The molecule has 0 atom stereocenters. The summed E-state index contributed by atoms with van der Waals surface area (Å²) in [5.74, 6) is 2.31. The minimum absolute atomic E-state index is 0.629. The molecule has 0 saturated heterocycles. The van der Waals surface area contributed by atoms with E-state index in [0.717, 1.165) is 29.1 Å². The summed E-state index contributed by atoms with van der Waals surface area (Å²) in [7, 11) is 3.32. The molecular weight excluding hydrogens is 224 g/mol. The van der Waals surface area contributed by atoms with E-state index in [1.165, 1.54) is 0 Å². The first kappa shape index (κ1) is 12.9. The highest BCUT2D eigenvalue weighted by molar-refractivity contribution is 6.17. The Morgan fingerprint density at radius 1 is 1.31 bits per heavy atom. The Bertz CT molecular complexity index is 372. The van der Waals surface area contributed by atoms with Gasteiger partial charge in [0.25, 0.3) is 0 Å². The zero-order valence-electron chi connectivity index (χ0n) is 9.92. The first-order valence-corrected chi connectivity index (χ1v) is 5.71. The van der Waals surface area contributed by atoms with Crippen LogP contribution in [0.15, 0.2) is 24.3 Å². The fourth-order valence-electron chi connectivity index (χ4n) is 1.50. The smallest absolute Gasteiger partial charge is 0.126 e. The van der Waals surface area contributed by atoms with Crippen LogP contribution in [0.2, 0.25) is 0 Å². The highest BCUT2D eigenvalue weighted by Gasteiger charge is 2.06. The van der Waals surface area contributed by atoms with Crippen LogP contribution in [-0.2, 0) is 0 Å². The third-order valence-corrected chi connectivity index (χ3v) is 2.61. The molecule has 0 aliphatic rings. The van der Waals surface area contributed by atoms with Crippen LogP contribution in [0.3, 0.4) is 0 Å². The second kappa shape index (κ2) is 6.44. The van der Waals surface area contributed by atoms with Gasteiger partial charge >= 0.3 is 0 Å². The molecule has 0 aromatic heterocycles. The molecule has 0 heterocycles. The van der Waals surface area contributed by atoms with Crippen LogP contribution in [0, 0.1) is 0 Å². The van der Waals surface area contributed by atoms with Crippen molar-refractivity contribution < 1.29 is 9.47 Å². The predicted octanol–water partition coefficient (Wildman–Crippen LogP) is 3.74. The van der Waals surface area contributed by atoms with E-state index >= 15 is 0 Å². The lowest BCUT2D eigenvalue weighted by atomic mass is 10.0. The van der Waals surface area contributed by atoms with Crippen LogP contribution in [0.4, 0.5) is 0 Å². The largest absolute Gasteiger partial charge is 0.497 e. The van der Waals surface area contributed by atoms with Crippen LogP contribution in [0.5, 0.6) is 11.5 Å². The van der Waals surface area contributed by atoms with E-state index in [4.69, 9.17) is 21.1 Å². The third kappa shape index (κ3) is 3.17. The molecular formula is C13H17ClO2. The molecule has 16 heavy (non-hydrogen) atoms. The maximum atomic E-state index is 5.66. The highest BCUT2D eigenvalue weighted by atomic mass is 35.5. The number of hydrogen-bond acceptors (Lipinski definition) is 2. The summed E-state index contributed by atoms with van der Waals surface area (Å²) in [5.41, 5.74) is 2.20. The van der Waals surface area contributed by atoms with E-state index in [1.807, 2.05) is 25.1 Å². The molecule has 3 heteroatoms. The molecule has 0 spiro atoms. The number of halogens is 1. The Balaban J connectivity index is 3.07. The maximum absolute atomic E-state index is 5.66. The average Bonchev–Trinajstić information content (AvgIpc) is 2.35. The van der Waals surface area contributed by atoms with Gasteiger partial charge in [-0.1, -0.05) is 6.08 Å². The van der Waals surface area contributed by atoms with E-state index in [2.05, 4.69) is 6.08 Å². The molecule has 1 aromatic rings. The monoisotopic (exact) mass is 240 g/mol. The van der Waals surface area contributed by atoms with Crippen molar-refractivity contribution >= 4 is 17.2 Å². The zero-order valence-corrected chi connectivity index (χ0v) is 10.7. The molecule has 0 unspecified atom stereocenters. The number of benzene rings is 1. The molecule has 0 aliphatic heterocycles. The number of alkyl halides is 1. The molecule has 0 aliphatic carbocycles. The summed E-state index contributed by atoms with van der Waals surface area (Å²) in [4.78, 5) is 0. The average molecular weight is 241 g/mol. The lowest BCUT2D eigenvalue weighted by molar-refractivity contribution is 0.402. The van der Waals surface area contributed by atoms with E-state index in [9.17, 15) is 0 Å². The molecule has 88 valence electrons. The maximum Gasteiger partial charge on any atom is 0.126 e. The first-order valence-electron chi connectivity index (χ1n) is 5.18. The van der Waals surface area contributed by atoms with Crippen LogP contribution in [-0.4, -0.2) is 20.1 Å². The number of hydrogen-bond donors (Lipinski definition) is 0. The summed E-state index contributed by atoms with van der Waals surface area (Å²) >= 11 is 5.66.